The molecule has 182 valence electrons. The maximum Gasteiger partial charge on any atom is 0.433 e. The highest BCUT2D eigenvalue weighted by Gasteiger charge is 2.35. The first kappa shape index (κ1) is 25.4. The Morgan fingerprint density at radius 3 is 2.50 bits per heavy atom. The van der Waals surface area contributed by atoms with E-state index in [4.69, 9.17) is 10.00 Å². The summed E-state index contributed by atoms with van der Waals surface area (Å²) in [4.78, 5) is 22.7. The van der Waals surface area contributed by atoms with Crippen LogP contribution in [-0.2, 0) is 17.5 Å². The third-order valence-electron chi connectivity index (χ3n) is 5.01. The number of carbonyl (C=O) groups excluding carboxylic acids is 1. The van der Waals surface area contributed by atoms with Crippen LogP contribution >= 0.6 is 0 Å². The molecule has 1 fully saturated rings. The second-order valence-electron chi connectivity index (χ2n) is 9.18. The van der Waals surface area contributed by atoms with Crippen LogP contribution in [0.3, 0.4) is 0 Å². The average molecular weight is 477 g/mol. The topological polar surface area (TPSA) is 94.4 Å². The Morgan fingerprint density at radius 1 is 1.21 bits per heavy atom. The predicted molar refractivity (Wildman–Crippen MR) is 119 cm³/mol. The zero-order valence-electron chi connectivity index (χ0n) is 19.3. The zero-order chi connectivity index (χ0) is 24.9. The number of nitrogens with one attached hydrogen (secondary N) is 1. The molecule has 0 radical (unpaired) electrons. The highest BCUT2D eigenvalue weighted by molar-refractivity contribution is 5.96. The van der Waals surface area contributed by atoms with Crippen LogP contribution in [0.15, 0.2) is 30.3 Å². The van der Waals surface area contributed by atoms with Gasteiger partial charge in [0.15, 0.2) is 11.5 Å². The Labute approximate surface area is 196 Å². The summed E-state index contributed by atoms with van der Waals surface area (Å²) in [7, 11) is 0. The number of hydrogen-bond donors (Lipinski definition) is 1. The molecule has 11 heteroatoms. The number of anilines is 1. The van der Waals surface area contributed by atoms with Crippen LogP contribution in [0.5, 0.6) is 0 Å². The van der Waals surface area contributed by atoms with Gasteiger partial charge >= 0.3 is 6.18 Å². The van der Waals surface area contributed by atoms with E-state index in [9.17, 15) is 18.0 Å². The molecule has 0 aliphatic carbocycles. The molecule has 1 aliphatic heterocycles. The summed E-state index contributed by atoms with van der Waals surface area (Å²) in [5, 5.41) is 10.4. The fourth-order valence-corrected chi connectivity index (χ4v) is 3.48. The minimum Gasteiger partial charge on any atom is -0.379 e. The first-order valence-electron chi connectivity index (χ1n) is 10.8. The summed E-state index contributed by atoms with van der Waals surface area (Å²) in [6.07, 6.45) is -4.77. The minimum atomic E-state index is -4.77. The molecule has 0 spiro atoms. The molecule has 8 nitrogen and oxygen atoms in total. The van der Waals surface area contributed by atoms with Gasteiger partial charge in [0, 0.05) is 37.8 Å². The van der Waals surface area contributed by atoms with Crippen LogP contribution in [-0.4, -0.2) is 53.6 Å². The number of ether oxygens (including phenoxy) is 1. The van der Waals surface area contributed by atoms with Crippen LogP contribution in [0.4, 0.5) is 19.0 Å². The number of alkyl halides is 3. The highest BCUT2D eigenvalue weighted by atomic mass is 19.4. The van der Waals surface area contributed by atoms with E-state index in [1.54, 1.807) is 18.2 Å². The van der Waals surface area contributed by atoms with Crippen molar-refractivity contribution in [3.8, 4) is 6.07 Å². The first-order chi connectivity index (χ1) is 16.0. The van der Waals surface area contributed by atoms with E-state index < -0.39 is 29.0 Å². The van der Waals surface area contributed by atoms with Gasteiger partial charge < -0.3 is 4.74 Å². The van der Waals surface area contributed by atoms with Crippen molar-refractivity contribution in [1.82, 2.24) is 20.3 Å². The van der Waals surface area contributed by atoms with Gasteiger partial charge in [0.1, 0.15) is 6.07 Å². The van der Waals surface area contributed by atoms with Crippen molar-refractivity contribution in [3.05, 3.63) is 53.0 Å². The van der Waals surface area contributed by atoms with Gasteiger partial charge in [0.2, 0.25) is 5.82 Å². The van der Waals surface area contributed by atoms with Gasteiger partial charge in [-0.1, -0.05) is 39.0 Å². The molecule has 1 saturated heterocycles. The summed E-state index contributed by atoms with van der Waals surface area (Å²) in [5.74, 6) is -1.34. The highest BCUT2D eigenvalue weighted by Crippen LogP contribution is 2.30. The second kappa shape index (κ2) is 10.4. The molecular formula is C23H27F3N6O2. The number of rotatable bonds is 6. The van der Waals surface area contributed by atoms with E-state index in [1.165, 1.54) is 5.01 Å². The number of benzene rings is 1. The zero-order valence-corrected chi connectivity index (χ0v) is 19.3. The maximum absolute atomic E-state index is 13.4. The van der Waals surface area contributed by atoms with E-state index >= 15 is 0 Å². The van der Waals surface area contributed by atoms with E-state index in [0.717, 1.165) is 24.7 Å². The molecule has 0 unspecified atom stereocenters. The summed E-state index contributed by atoms with van der Waals surface area (Å²) < 4.78 is 45.5. The predicted octanol–water partition coefficient (Wildman–Crippen LogP) is 3.40. The van der Waals surface area contributed by atoms with E-state index in [-0.39, 0.29) is 12.4 Å². The van der Waals surface area contributed by atoms with E-state index in [1.807, 2.05) is 32.9 Å². The fourth-order valence-electron chi connectivity index (χ4n) is 3.48. The molecule has 0 saturated carbocycles. The van der Waals surface area contributed by atoms with Crippen LogP contribution in [0, 0.1) is 16.7 Å². The number of aromatic nitrogens is 2. The van der Waals surface area contributed by atoms with Crippen molar-refractivity contribution in [2.24, 2.45) is 5.41 Å². The summed E-state index contributed by atoms with van der Waals surface area (Å²) in [6.45, 7) is 9.00. The van der Waals surface area contributed by atoms with Gasteiger partial charge in [0.25, 0.3) is 5.91 Å². The number of halogens is 3. The minimum absolute atomic E-state index is 0.142. The van der Waals surface area contributed by atoms with Gasteiger partial charge in [-0.05, 0) is 17.0 Å². The monoisotopic (exact) mass is 476 g/mol. The number of nitrogens with zero attached hydrogens (tertiary/aromatic N) is 5. The summed E-state index contributed by atoms with van der Waals surface area (Å²) >= 11 is 0. The molecule has 34 heavy (non-hydrogen) atoms. The molecule has 1 aromatic carbocycles. The normalized spacial score (nSPS) is 15.0. The molecular weight excluding hydrogens is 449 g/mol. The molecule has 1 N–H and O–H groups in total. The summed E-state index contributed by atoms with van der Waals surface area (Å²) in [5.41, 5.74) is 2.21. The Bertz CT molecular complexity index is 1060. The Kier molecular flexibility index (Phi) is 7.74. The van der Waals surface area contributed by atoms with Gasteiger partial charge in [-0.15, -0.1) is 0 Å². The molecule has 0 bridgehead atoms. The van der Waals surface area contributed by atoms with Crippen molar-refractivity contribution >= 4 is 11.7 Å². The fraction of sp³-hybridized carbons (Fsp3) is 0.478. The number of hydrogen-bond acceptors (Lipinski definition) is 7. The SMILES string of the molecule is CC(C)(C)CN(NC(=O)c1ccccc1CN1CCOCC1)c1cc(C(F)(F)F)nc(C#N)n1. The third-order valence-corrected chi connectivity index (χ3v) is 5.01. The van der Waals surface area contributed by atoms with Crippen molar-refractivity contribution < 1.29 is 22.7 Å². The van der Waals surface area contributed by atoms with E-state index in [2.05, 4.69) is 20.3 Å². The van der Waals surface area contributed by atoms with Crippen LogP contribution in [0.2, 0.25) is 0 Å². The summed E-state index contributed by atoms with van der Waals surface area (Å²) in [6, 6.07) is 9.36. The number of hydrazine groups is 1. The van der Waals surface area contributed by atoms with Crippen molar-refractivity contribution in [1.29, 1.82) is 5.26 Å². The van der Waals surface area contributed by atoms with Gasteiger partial charge in [-0.3, -0.25) is 20.1 Å². The molecule has 0 atom stereocenters. The van der Waals surface area contributed by atoms with Crippen LogP contribution in [0.25, 0.3) is 0 Å². The van der Waals surface area contributed by atoms with Gasteiger partial charge in [-0.25, -0.2) is 4.98 Å². The van der Waals surface area contributed by atoms with Crippen LogP contribution < -0.4 is 10.4 Å². The lowest BCUT2D eigenvalue weighted by Crippen LogP contribution is -2.47. The smallest absolute Gasteiger partial charge is 0.379 e. The Hall–Kier alpha value is -3.23. The maximum atomic E-state index is 13.4. The van der Waals surface area contributed by atoms with Crippen LogP contribution in [0.1, 0.15) is 48.2 Å². The largest absolute Gasteiger partial charge is 0.433 e. The number of nitriles is 1. The quantitative estimate of drug-likeness (QED) is 0.639. The average Bonchev–Trinajstić information content (AvgIpc) is 2.78. The van der Waals surface area contributed by atoms with Gasteiger partial charge in [0.05, 0.1) is 13.2 Å². The third kappa shape index (κ3) is 6.88. The Balaban J connectivity index is 1.92. The van der Waals surface area contributed by atoms with Crippen molar-refractivity contribution in [2.45, 2.75) is 33.5 Å². The van der Waals surface area contributed by atoms with Crippen molar-refractivity contribution in [3.63, 3.8) is 0 Å². The Morgan fingerprint density at radius 2 is 1.88 bits per heavy atom. The lowest BCUT2D eigenvalue weighted by molar-refractivity contribution is -0.141. The van der Waals surface area contributed by atoms with Gasteiger partial charge in [-0.2, -0.15) is 23.4 Å². The standard InChI is InChI=1S/C23H27F3N6O2/c1-22(2,3)15-32(20-12-18(23(24,25)26)28-19(13-27)29-20)30-21(33)17-7-5-4-6-16(17)14-31-8-10-34-11-9-31/h4-7,12H,8-11,14-15H2,1-3H3,(H,30,33). The first-order valence-corrected chi connectivity index (χ1v) is 10.8. The second-order valence-corrected chi connectivity index (χ2v) is 9.18. The lowest BCUT2D eigenvalue weighted by atomic mass is 9.96. The molecule has 2 heterocycles. The van der Waals surface area contributed by atoms with E-state index in [0.29, 0.717) is 25.3 Å². The number of carbonyl (C=O) groups is 1. The molecule has 1 amide bonds. The molecule has 1 aromatic heterocycles. The van der Waals surface area contributed by atoms with Crippen molar-refractivity contribution in [2.75, 3.05) is 37.9 Å². The molecule has 3 rings (SSSR count). The molecule has 1 aliphatic rings. The lowest BCUT2D eigenvalue weighted by Gasteiger charge is -2.32. The number of amides is 1. The molecule has 2 aromatic rings. The number of morpholine rings is 1.